The molecule has 0 spiro atoms. The molecule has 0 aromatic heterocycles. The van der Waals surface area contributed by atoms with Gasteiger partial charge in [0.25, 0.3) is 0 Å². The van der Waals surface area contributed by atoms with Crippen molar-refractivity contribution in [3.05, 3.63) is 102 Å². The maximum atomic E-state index is 13.7. The molecule has 5 nitrogen and oxygen atoms in total. The summed E-state index contributed by atoms with van der Waals surface area (Å²) in [7, 11) is 0. The number of amides is 2. The van der Waals surface area contributed by atoms with Crippen LogP contribution in [0.4, 0.5) is 0 Å². The number of rotatable bonds is 6. The summed E-state index contributed by atoms with van der Waals surface area (Å²) in [5, 5.41) is 9.52. The number of nitrogens with zero attached hydrogens (tertiary/aromatic N) is 1. The summed E-state index contributed by atoms with van der Waals surface area (Å²) < 4.78 is 0. The lowest BCUT2D eigenvalue weighted by Gasteiger charge is -2.28. The van der Waals surface area contributed by atoms with Gasteiger partial charge in [0.15, 0.2) is 0 Å². The van der Waals surface area contributed by atoms with E-state index in [1.54, 1.807) is 19.1 Å². The van der Waals surface area contributed by atoms with Gasteiger partial charge in [0.1, 0.15) is 5.75 Å². The Morgan fingerprint density at radius 1 is 0.828 bits per heavy atom. The van der Waals surface area contributed by atoms with Crippen LogP contribution in [0.25, 0.3) is 0 Å². The Kier molecular flexibility index (Phi) is 6.42. The molecule has 0 fully saturated rings. The minimum atomic E-state index is -0.816. The largest absolute Gasteiger partial charge is 0.508 e. The molecule has 2 amide bonds. The molecule has 0 radical (unpaired) electrons. The van der Waals surface area contributed by atoms with Gasteiger partial charge in [0.2, 0.25) is 11.8 Å². The van der Waals surface area contributed by atoms with Crippen molar-refractivity contribution in [3.63, 3.8) is 0 Å². The fraction of sp³-hybridized carbons (Fsp3) is 0.167. The van der Waals surface area contributed by atoms with Gasteiger partial charge in [-0.3, -0.25) is 14.5 Å². The first kappa shape index (κ1) is 20.3. The highest BCUT2D eigenvalue weighted by atomic mass is 16.3. The van der Waals surface area contributed by atoms with Gasteiger partial charge in [-0.1, -0.05) is 72.8 Å². The molecule has 0 heterocycles. The Labute approximate surface area is 170 Å². The summed E-state index contributed by atoms with van der Waals surface area (Å²) >= 11 is 0. The van der Waals surface area contributed by atoms with E-state index >= 15 is 0 Å². The van der Waals surface area contributed by atoms with Crippen molar-refractivity contribution in [1.29, 1.82) is 0 Å². The van der Waals surface area contributed by atoms with E-state index in [1.165, 1.54) is 17.0 Å². The highest BCUT2D eigenvalue weighted by Crippen LogP contribution is 2.28. The van der Waals surface area contributed by atoms with Crippen LogP contribution >= 0.6 is 0 Å². The molecule has 3 aromatic carbocycles. The number of hydrogen-bond acceptors (Lipinski definition) is 4. The van der Waals surface area contributed by atoms with E-state index in [4.69, 9.17) is 5.73 Å². The predicted octanol–water partition coefficient (Wildman–Crippen LogP) is 3.43. The molecule has 1 atom stereocenters. The lowest BCUT2D eigenvalue weighted by Crippen LogP contribution is -2.47. The molecule has 3 aromatic rings. The summed E-state index contributed by atoms with van der Waals surface area (Å²) in [5.74, 6) is -1.29. The number of aromatic hydroxyl groups is 1. The first-order valence-electron chi connectivity index (χ1n) is 9.46. The Hall–Kier alpha value is -3.44. The molecule has 0 bridgehead atoms. The topological polar surface area (TPSA) is 83.6 Å². The SMILES string of the molecule is CC(N)C(=O)N(Cc1ccc(O)cc1)C(=O)C(c1ccccc1)c1ccccc1. The van der Waals surface area contributed by atoms with Gasteiger partial charge in [0.05, 0.1) is 18.5 Å². The van der Waals surface area contributed by atoms with Crippen LogP contribution in [0, 0.1) is 0 Å². The molecule has 5 heteroatoms. The molecule has 3 N–H and O–H groups in total. The standard InChI is InChI=1S/C24H24N2O3/c1-17(25)23(28)26(16-18-12-14-21(27)15-13-18)24(29)22(19-8-4-2-5-9-19)20-10-6-3-7-11-20/h2-15,17,22,27H,16,25H2,1H3. The number of carbonyl (C=O) groups is 2. The van der Waals surface area contributed by atoms with E-state index in [9.17, 15) is 14.7 Å². The second kappa shape index (κ2) is 9.17. The zero-order chi connectivity index (χ0) is 20.8. The summed E-state index contributed by atoms with van der Waals surface area (Å²) in [5.41, 5.74) is 8.18. The lowest BCUT2D eigenvalue weighted by atomic mass is 9.89. The molecular weight excluding hydrogens is 364 g/mol. The van der Waals surface area contributed by atoms with Crippen LogP contribution in [-0.4, -0.2) is 27.9 Å². The Morgan fingerprint density at radius 3 is 1.76 bits per heavy atom. The van der Waals surface area contributed by atoms with Gasteiger partial charge in [-0.15, -0.1) is 0 Å². The lowest BCUT2D eigenvalue weighted by molar-refractivity contribution is -0.146. The van der Waals surface area contributed by atoms with Gasteiger partial charge >= 0.3 is 0 Å². The zero-order valence-corrected chi connectivity index (χ0v) is 16.2. The third kappa shape index (κ3) is 4.89. The van der Waals surface area contributed by atoms with Crippen LogP contribution in [0.5, 0.6) is 5.75 Å². The van der Waals surface area contributed by atoms with Crippen molar-refractivity contribution < 1.29 is 14.7 Å². The van der Waals surface area contributed by atoms with Crippen molar-refractivity contribution in [1.82, 2.24) is 4.90 Å². The van der Waals surface area contributed by atoms with Crippen LogP contribution < -0.4 is 5.73 Å². The van der Waals surface area contributed by atoms with Crippen LogP contribution in [0.3, 0.4) is 0 Å². The summed E-state index contributed by atoms with van der Waals surface area (Å²) in [6, 6.07) is 24.4. The van der Waals surface area contributed by atoms with Crippen molar-refractivity contribution in [2.45, 2.75) is 25.4 Å². The molecule has 3 rings (SSSR count). The average Bonchev–Trinajstić information content (AvgIpc) is 2.74. The second-order valence-corrected chi connectivity index (χ2v) is 6.97. The predicted molar refractivity (Wildman–Crippen MR) is 112 cm³/mol. The van der Waals surface area contributed by atoms with E-state index in [2.05, 4.69) is 0 Å². The minimum Gasteiger partial charge on any atom is -0.508 e. The zero-order valence-electron chi connectivity index (χ0n) is 16.2. The maximum absolute atomic E-state index is 13.7. The number of benzene rings is 3. The van der Waals surface area contributed by atoms with Crippen LogP contribution in [0.2, 0.25) is 0 Å². The fourth-order valence-electron chi connectivity index (χ4n) is 3.22. The summed E-state index contributed by atoms with van der Waals surface area (Å²) in [4.78, 5) is 27.7. The highest BCUT2D eigenvalue weighted by Gasteiger charge is 2.32. The highest BCUT2D eigenvalue weighted by molar-refractivity contribution is 6.01. The first-order valence-corrected chi connectivity index (χ1v) is 9.46. The number of phenolic OH excluding ortho intramolecular Hbond substituents is 1. The molecule has 0 saturated carbocycles. The van der Waals surface area contributed by atoms with E-state index in [-0.39, 0.29) is 18.2 Å². The first-order chi connectivity index (χ1) is 14.0. The Bertz CT molecular complexity index is 915. The molecule has 1 unspecified atom stereocenters. The average molecular weight is 388 g/mol. The number of phenols is 1. The van der Waals surface area contributed by atoms with E-state index in [0.717, 1.165) is 16.7 Å². The third-order valence-corrected chi connectivity index (χ3v) is 4.71. The molecule has 0 aliphatic rings. The molecule has 0 aliphatic carbocycles. The molecular formula is C24H24N2O3. The fourth-order valence-corrected chi connectivity index (χ4v) is 3.22. The number of imide groups is 1. The number of nitrogens with two attached hydrogens (primary N) is 1. The quantitative estimate of drug-likeness (QED) is 0.678. The van der Waals surface area contributed by atoms with Crippen molar-refractivity contribution in [2.75, 3.05) is 0 Å². The van der Waals surface area contributed by atoms with Crippen LogP contribution in [-0.2, 0) is 16.1 Å². The second-order valence-electron chi connectivity index (χ2n) is 6.97. The van der Waals surface area contributed by atoms with Gasteiger partial charge < -0.3 is 10.8 Å². The number of carbonyl (C=O) groups excluding carboxylic acids is 2. The van der Waals surface area contributed by atoms with Crippen molar-refractivity contribution in [2.24, 2.45) is 5.73 Å². The molecule has 29 heavy (non-hydrogen) atoms. The third-order valence-electron chi connectivity index (χ3n) is 4.71. The number of hydrogen-bond donors (Lipinski definition) is 2. The monoisotopic (exact) mass is 388 g/mol. The van der Waals surface area contributed by atoms with Crippen LogP contribution in [0.1, 0.15) is 29.5 Å². The van der Waals surface area contributed by atoms with Crippen molar-refractivity contribution >= 4 is 11.8 Å². The smallest absolute Gasteiger partial charge is 0.246 e. The van der Waals surface area contributed by atoms with E-state index in [1.807, 2.05) is 60.7 Å². The van der Waals surface area contributed by atoms with Crippen LogP contribution in [0.15, 0.2) is 84.9 Å². The molecule has 0 saturated heterocycles. The summed E-state index contributed by atoms with van der Waals surface area (Å²) in [6.07, 6.45) is 0. The minimum absolute atomic E-state index is 0.0790. The molecule has 148 valence electrons. The van der Waals surface area contributed by atoms with E-state index in [0.29, 0.717) is 0 Å². The van der Waals surface area contributed by atoms with Gasteiger partial charge in [-0.2, -0.15) is 0 Å². The summed E-state index contributed by atoms with van der Waals surface area (Å²) in [6.45, 7) is 1.65. The van der Waals surface area contributed by atoms with Gasteiger partial charge in [0, 0.05) is 0 Å². The van der Waals surface area contributed by atoms with Gasteiger partial charge in [-0.05, 0) is 35.7 Å². The molecule has 0 aliphatic heterocycles. The normalized spacial score (nSPS) is 11.8. The maximum Gasteiger partial charge on any atom is 0.246 e. The Morgan fingerprint density at radius 2 is 1.31 bits per heavy atom. The van der Waals surface area contributed by atoms with Gasteiger partial charge in [-0.25, -0.2) is 0 Å². The van der Waals surface area contributed by atoms with Crippen molar-refractivity contribution in [3.8, 4) is 5.75 Å². The van der Waals surface area contributed by atoms with E-state index < -0.39 is 17.9 Å². The Balaban J connectivity index is 2.02.